The third kappa shape index (κ3) is 3.84. The Labute approximate surface area is 129 Å². The van der Waals surface area contributed by atoms with Gasteiger partial charge >= 0.3 is 5.97 Å². The van der Waals surface area contributed by atoms with Crippen molar-refractivity contribution in [2.75, 3.05) is 6.54 Å². The van der Waals surface area contributed by atoms with Crippen LogP contribution in [0.4, 0.5) is 0 Å². The molecule has 1 aliphatic carbocycles. The Balaban J connectivity index is 2.13. The van der Waals surface area contributed by atoms with E-state index in [2.05, 4.69) is 11.6 Å². The van der Waals surface area contributed by atoms with Gasteiger partial charge in [0, 0.05) is 11.4 Å². The van der Waals surface area contributed by atoms with Gasteiger partial charge in [-0.25, -0.2) is 17.9 Å². The van der Waals surface area contributed by atoms with E-state index in [9.17, 15) is 13.2 Å². The van der Waals surface area contributed by atoms with E-state index in [0.717, 1.165) is 37.0 Å². The summed E-state index contributed by atoms with van der Waals surface area (Å²) in [4.78, 5) is 11.6. The highest BCUT2D eigenvalue weighted by molar-refractivity contribution is 7.89. The van der Waals surface area contributed by atoms with E-state index in [0.29, 0.717) is 11.4 Å². The van der Waals surface area contributed by atoms with Gasteiger partial charge in [-0.1, -0.05) is 26.2 Å². The highest BCUT2D eigenvalue weighted by Gasteiger charge is 2.30. The molecule has 118 valence electrons. The van der Waals surface area contributed by atoms with E-state index in [1.165, 1.54) is 12.5 Å². The molecule has 5 nitrogen and oxygen atoms in total. The Morgan fingerprint density at radius 3 is 2.52 bits per heavy atom. The second-order valence-corrected chi connectivity index (χ2v) is 9.02. The van der Waals surface area contributed by atoms with Gasteiger partial charge in [-0.2, -0.15) is 0 Å². The normalized spacial score (nSPS) is 18.6. The predicted molar refractivity (Wildman–Crippen MR) is 82.4 cm³/mol. The van der Waals surface area contributed by atoms with E-state index in [1.807, 2.05) is 0 Å². The standard InChI is InChI=1S/C14H21NO4S2/c1-10-12(8-11(20-10)13(16)17)21(18,19)15-9-14(2)6-4-3-5-7-14/h8,15H,3-7,9H2,1-2H3,(H,16,17). The number of nitrogens with one attached hydrogen (secondary N) is 1. The SMILES string of the molecule is Cc1sc(C(=O)O)cc1S(=O)(=O)NCC1(C)CCCCC1. The average Bonchev–Trinajstić information content (AvgIpc) is 2.81. The molecule has 1 aromatic heterocycles. The number of aromatic carboxylic acids is 1. The highest BCUT2D eigenvalue weighted by Crippen LogP contribution is 2.35. The number of carbonyl (C=O) groups is 1. The van der Waals surface area contributed by atoms with Crippen molar-refractivity contribution in [3.05, 3.63) is 15.8 Å². The zero-order chi connectivity index (χ0) is 15.7. The van der Waals surface area contributed by atoms with Gasteiger partial charge in [0.25, 0.3) is 0 Å². The molecule has 2 N–H and O–H groups in total. The second-order valence-electron chi connectivity index (χ2n) is 6.03. The van der Waals surface area contributed by atoms with Crippen molar-refractivity contribution in [2.45, 2.75) is 50.8 Å². The molecule has 0 aliphatic heterocycles. The number of hydrogen-bond donors (Lipinski definition) is 2. The van der Waals surface area contributed by atoms with Gasteiger partial charge in [0.1, 0.15) is 4.88 Å². The molecule has 0 saturated heterocycles. The third-order valence-corrected chi connectivity index (χ3v) is 6.82. The molecule has 0 spiro atoms. The lowest BCUT2D eigenvalue weighted by molar-refractivity contribution is 0.0702. The quantitative estimate of drug-likeness (QED) is 0.869. The molecule has 1 aromatic rings. The summed E-state index contributed by atoms with van der Waals surface area (Å²) in [5.74, 6) is -1.09. The number of thiophene rings is 1. The van der Waals surface area contributed by atoms with Crippen LogP contribution in [0.15, 0.2) is 11.0 Å². The number of hydrogen-bond acceptors (Lipinski definition) is 4. The van der Waals surface area contributed by atoms with Crippen LogP contribution in [-0.4, -0.2) is 26.0 Å². The maximum absolute atomic E-state index is 12.4. The molecule has 1 saturated carbocycles. The van der Waals surface area contributed by atoms with E-state index in [4.69, 9.17) is 5.11 Å². The van der Waals surface area contributed by atoms with Crippen LogP contribution in [0, 0.1) is 12.3 Å². The van der Waals surface area contributed by atoms with Gasteiger partial charge in [0.2, 0.25) is 10.0 Å². The highest BCUT2D eigenvalue weighted by atomic mass is 32.2. The predicted octanol–water partition coefficient (Wildman–Crippen LogP) is 3.00. The van der Waals surface area contributed by atoms with E-state index >= 15 is 0 Å². The summed E-state index contributed by atoms with van der Waals surface area (Å²) in [7, 11) is -3.64. The molecular weight excluding hydrogens is 310 g/mol. The topological polar surface area (TPSA) is 83.5 Å². The van der Waals surface area contributed by atoms with Crippen molar-refractivity contribution in [1.82, 2.24) is 4.72 Å². The first-order valence-corrected chi connectivity index (χ1v) is 9.37. The maximum Gasteiger partial charge on any atom is 0.345 e. The van der Waals surface area contributed by atoms with Crippen molar-refractivity contribution in [3.63, 3.8) is 0 Å². The molecule has 0 unspecified atom stereocenters. The van der Waals surface area contributed by atoms with Crippen molar-refractivity contribution < 1.29 is 18.3 Å². The van der Waals surface area contributed by atoms with Crippen LogP contribution in [0.3, 0.4) is 0 Å². The Morgan fingerprint density at radius 1 is 1.38 bits per heavy atom. The summed E-state index contributed by atoms with van der Waals surface area (Å²) in [6.45, 7) is 4.15. The summed E-state index contributed by atoms with van der Waals surface area (Å²) >= 11 is 0.991. The molecule has 1 aliphatic rings. The number of rotatable bonds is 5. The van der Waals surface area contributed by atoms with E-state index in [-0.39, 0.29) is 15.2 Å². The molecule has 0 radical (unpaired) electrons. The maximum atomic E-state index is 12.4. The largest absolute Gasteiger partial charge is 0.477 e. The zero-order valence-electron chi connectivity index (χ0n) is 12.3. The van der Waals surface area contributed by atoms with Crippen molar-refractivity contribution in [3.8, 4) is 0 Å². The molecule has 1 heterocycles. The van der Waals surface area contributed by atoms with Gasteiger partial charge in [-0.05, 0) is 31.2 Å². The van der Waals surface area contributed by atoms with E-state index < -0.39 is 16.0 Å². The van der Waals surface area contributed by atoms with Gasteiger partial charge in [-0.15, -0.1) is 11.3 Å². The summed E-state index contributed by atoms with van der Waals surface area (Å²) < 4.78 is 27.4. The Kier molecular flexibility index (Phi) is 4.75. The molecule has 2 rings (SSSR count). The number of aryl methyl sites for hydroxylation is 1. The average molecular weight is 331 g/mol. The number of sulfonamides is 1. The molecule has 0 aromatic carbocycles. The molecule has 1 fully saturated rings. The fourth-order valence-corrected chi connectivity index (χ4v) is 5.39. The van der Waals surface area contributed by atoms with Crippen LogP contribution >= 0.6 is 11.3 Å². The molecular formula is C14H21NO4S2. The summed E-state index contributed by atoms with van der Waals surface area (Å²) in [5, 5.41) is 8.96. The lowest BCUT2D eigenvalue weighted by atomic mass is 9.76. The van der Waals surface area contributed by atoms with Crippen LogP contribution in [0.5, 0.6) is 0 Å². The third-order valence-electron chi connectivity index (χ3n) is 4.12. The first-order valence-electron chi connectivity index (χ1n) is 7.07. The van der Waals surface area contributed by atoms with Crippen LogP contribution in [-0.2, 0) is 10.0 Å². The van der Waals surface area contributed by atoms with Gasteiger partial charge < -0.3 is 5.11 Å². The van der Waals surface area contributed by atoms with Crippen molar-refractivity contribution in [2.24, 2.45) is 5.41 Å². The molecule has 7 heteroatoms. The van der Waals surface area contributed by atoms with Crippen LogP contribution in [0.1, 0.15) is 53.6 Å². The van der Waals surface area contributed by atoms with Crippen LogP contribution in [0.25, 0.3) is 0 Å². The summed E-state index contributed by atoms with van der Waals surface area (Å²) in [6.07, 6.45) is 5.54. The summed E-state index contributed by atoms with van der Waals surface area (Å²) in [5.41, 5.74) is 0.00484. The minimum Gasteiger partial charge on any atom is -0.477 e. The van der Waals surface area contributed by atoms with E-state index in [1.54, 1.807) is 6.92 Å². The Hall–Kier alpha value is -0.920. The smallest absolute Gasteiger partial charge is 0.345 e. The minimum atomic E-state index is -3.64. The fraction of sp³-hybridized carbons (Fsp3) is 0.643. The molecule has 0 atom stereocenters. The Morgan fingerprint density at radius 2 is 2.00 bits per heavy atom. The van der Waals surface area contributed by atoms with Crippen LogP contribution < -0.4 is 4.72 Å². The lowest BCUT2D eigenvalue weighted by Gasteiger charge is -2.33. The first-order chi connectivity index (χ1) is 9.73. The molecule has 0 bridgehead atoms. The van der Waals surface area contributed by atoms with Crippen molar-refractivity contribution >= 4 is 27.3 Å². The number of carboxylic acids is 1. The van der Waals surface area contributed by atoms with Gasteiger partial charge in [0.15, 0.2) is 0 Å². The zero-order valence-corrected chi connectivity index (χ0v) is 13.9. The van der Waals surface area contributed by atoms with Crippen molar-refractivity contribution in [1.29, 1.82) is 0 Å². The second kappa shape index (κ2) is 6.06. The lowest BCUT2D eigenvalue weighted by Crippen LogP contribution is -2.37. The molecule has 21 heavy (non-hydrogen) atoms. The van der Waals surface area contributed by atoms with Gasteiger partial charge in [0.05, 0.1) is 4.90 Å². The first kappa shape index (κ1) is 16.5. The fourth-order valence-electron chi connectivity index (χ4n) is 2.77. The van der Waals surface area contributed by atoms with Crippen LogP contribution in [0.2, 0.25) is 0 Å². The monoisotopic (exact) mass is 331 g/mol. The molecule has 0 amide bonds. The minimum absolute atomic E-state index is 0.00484. The summed E-state index contributed by atoms with van der Waals surface area (Å²) in [6, 6.07) is 1.24. The number of carboxylic acid groups (broad SMARTS) is 1. The Bertz CT molecular complexity index is 627. The van der Waals surface area contributed by atoms with Gasteiger partial charge in [-0.3, -0.25) is 0 Å².